The average Bonchev–Trinajstić information content (AvgIpc) is 3.31. The maximum absolute atomic E-state index is 12.4. The van der Waals surface area contributed by atoms with Crippen molar-refractivity contribution in [3.8, 4) is 0 Å². The largest absolute Gasteiger partial charge is 0.347 e. The number of aromatic amines is 1. The standard InChI is InChI=1S/C18H24N4O/c1-11-8-9-19-16(10-11)18(14-4-5-14)20-17(23)7-6-15-12(2)13(3)21-22-15/h8-10,14,18H,4-7H2,1-3H3,(H,20,23)(H,21,22). The van der Waals surface area contributed by atoms with Gasteiger partial charge in [0, 0.05) is 24.7 Å². The van der Waals surface area contributed by atoms with Crippen molar-refractivity contribution in [3.63, 3.8) is 0 Å². The lowest BCUT2D eigenvalue weighted by atomic mass is 10.1. The second-order valence-corrected chi connectivity index (χ2v) is 6.56. The molecule has 0 spiro atoms. The average molecular weight is 312 g/mol. The van der Waals surface area contributed by atoms with Gasteiger partial charge in [0.15, 0.2) is 0 Å². The Morgan fingerprint density at radius 3 is 2.78 bits per heavy atom. The molecule has 3 rings (SSSR count). The lowest BCUT2D eigenvalue weighted by molar-refractivity contribution is -0.122. The van der Waals surface area contributed by atoms with Gasteiger partial charge in [-0.1, -0.05) is 0 Å². The first-order valence-corrected chi connectivity index (χ1v) is 8.27. The van der Waals surface area contributed by atoms with E-state index in [0.29, 0.717) is 18.8 Å². The minimum Gasteiger partial charge on any atom is -0.347 e. The third-order valence-corrected chi connectivity index (χ3v) is 4.61. The third kappa shape index (κ3) is 3.78. The van der Waals surface area contributed by atoms with E-state index < -0.39 is 0 Å². The van der Waals surface area contributed by atoms with Crippen molar-refractivity contribution < 1.29 is 4.79 Å². The molecule has 1 atom stereocenters. The lowest BCUT2D eigenvalue weighted by Crippen LogP contribution is -2.30. The smallest absolute Gasteiger partial charge is 0.220 e. The molecular formula is C18H24N4O. The molecule has 0 saturated heterocycles. The molecule has 1 unspecified atom stereocenters. The summed E-state index contributed by atoms with van der Waals surface area (Å²) >= 11 is 0. The number of nitrogens with one attached hydrogen (secondary N) is 2. The van der Waals surface area contributed by atoms with Crippen LogP contribution in [0.2, 0.25) is 0 Å². The normalized spacial score (nSPS) is 15.4. The predicted molar refractivity (Wildman–Crippen MR) is 89.0 cm³/mol. The summed E-state index contributed by atoms with van der Waals surface area (Å²) in [4.78, 5) is 16.8. The third-order valence-electron chi connectivity index (χ3n) is 4.61. The second-order valence-electron chi connectivity index (χ2n) is 6.56. The van der Waals surface area contributed by atoms with Crippen LogP contribution in [0, 0.1) is 26.7 Å². The van der Waals surface area contributed by atoms with Gasteiger partial charge in [0.2, 0.25) is 5.91 Å². The number of aryl methyl sites for hydroxylation is 3. The van der Waals surface area contributed by atoms with Gasteiger partial charge in [0.05, 0.1) is 17.4 Å². The Labute approximate surface area is 136 Å². The second kappa shape index (κ2) is 6.52. The van der Waals surface area contributed by atoms with Gasteiger partial charge in [-0.3, -0.25) is 14.9 Å². The number of amides is 1. The van der Waals surface area contributed by atoms with Gasteiger partial charge in [0.1, 0.15) is 0 Å². The summed E-state index contributed by atoms with van der Waals surface area (Å²) in [5, 5.41) is 10.4. The number of H-pyrrole nitrogens is 1. The van der Waals surface area contributed by atoms with Crippen molar-refractivity contribution >= 4 is 5.91 Å². The molecule has 5 heteroatoms. The molecule has 1 aliphatic rings. The summed E-state index contributed by atoms with van der Waals surface area (Å²) in [6.07, 6.45) is 5.28. The first kappa shape index (κ1) is 15.7. The molecule has 0 aliphatic heterocycles. The molecule has 2 aromatic heterocycles. The summed E-state index contributed by atoms with van der Waals surface area (Å²) in [5.41, 5.74) is 5.36. The van der Waals surface area contributed by atoms with Crippen LogP contribution in [0.25, 0.3) is 0 Å². The number of nitrogens with zero attached hydrogens (tertiary/aromatic N) is 2. The van der Waals surface area contributed by atoms with Crippen molar-refractivity contribution in [3.05, 3.63) is 46.5 Å². The fourth-order valence-electron chi connectivity index (χ4n) is 2.85. The Bertz CT molecular complexity index is 703. The number of hydrogen-bond acceptors (Lipinski definition) is 3. The Morgan fingerprint density at radius 1 is 1.39 bits per heavy atom. The molecule has 2 aromatic rings. The van der Waals surface area contributed by atoms with Crippen LogP contribution in [0.3, 0.4) is 0 Å². The maximum Gasteiger partial charge on any atom is 0.220 e. The minimum absolute atomic E-state index is 0.0458. The number of carbonyl (C=O) groups excluding carboxylic acids is 1. The summed E-state index contributed by atoms with van der Waals surface area (Å²) in [5.74, 6) is 0.605. The highest BCUT2D eigenvalue weighted by Gasteiger charge is 2.34. The monoisotopic (exact) mass is 312 g/mol. The summed E-state index contributed by atoms with van der Waals surface area (Å²) < 4.78 is 0. The number of aromatic nitrogens is 3. The van der Waals surface area contributed by atoms with E-state index in [4.69, 9.17) is 0 Å². The van der Waals surface area contributed by atoms with Crippen LogP contribution in [0.15, 0.2) is 18.3 Å². The Kier molecular flexibility index (Phi) is 4.46. The Hall–Kier alpha value is -2.17. The van der Waals surface area contributed by atoms with Crippen LogP contribution in [0.4, 0.5) is 0 Å². The zero-order valence-electron chi connectivity index (χ0n) is 14.0. The van der Waals surface area contributed by atoms with E-state index in [1.165, 1.54) is 5.56 Å². The molecule has 0 aromatic carbocycles. The quantitative estimate of drug-likeness (QED) is 0.861. The van der Waals surface area contributed by atoms with Gasteiger partial charge in [-0.25, -0.2) is 0 Å². The predicted octanol–water partition coefficient (Wildman–Crippen LogP) is 2.93. The lowest BCUT2D eigenvalue weighted by Gasteiger charge is -2.18. The van der Waals surface area contributed by atoms with Gasteiger partial charge >= 0.3 is 0 Å². The fourth-order valence-corrected chi connectivity index (χ4v) is 2.85. The van der Waals surface area contributed by atoms with Crippen LogP contribution in [0.1, 0.15) is 53.5 Å². The van der Waals surface area contributed by atoms with E-state index in [-0.39, 0.29) is 11.9 Å². The van der Waals surface area contributed by atoms with Crippen molar-refractivity contribution in [2.24, 2.45) is 5.92 Å². The van der Waals surface area contributed by atoms with Gasteiger partial charge in [-0.05, 0) is 62.8 Å². The summed E-state index contributed by atoms with van der Waals surface area (Å²) in [6.45, 7) is 6.09. The highest BCUT2D eigenvalue weighted by molar-refractivity contribution is 5.76. The molecule has 0 radical (unpaired) electrons. The Morgan fingerprint density at radius 2 is 2.17 bits per heavy atom. The first-order chi connectivity index (χ1) is 11.0. The number of hydrogen-bond donors (Lipinski definition) is 2. The molecule has 23 heavy (non-hydrogen) atoms. The molecule has 1 amide bonds. The van der Waals surface area contributed by atoms with Crippen molar-refractivity contribution in [1.82, 2.24) is 20.5 Å². The van der Waals surface area contributed by atoms with E-state index in [9.17, 15) is 4.79 Å². The van der Waals surface area contributed by atoms with E-state index in [2.05, 4.69) is 33.5 Å². The highest BCUT2D eigenvalue weighted by Crippen LogP contribution is 2.40. The van der Waals surface area contributed by atoms with Gasteiger partial charge < -0.3 is 5.32 Å². The zero-order chi connectivity index (χ0) is 16.4. The van der Waals surface area contributed by atoms with Gasteiger partial charge in [-0.2, -0.15) is 5.10 Å². The molecule has 1 fully saturated rings. The van der Waals surface area contributed by atoms with Gasteiger partial charge in [0.25, 0.3) is 0 Å². The van der Waals surface area contributed by atoms with Crippen LogP contribution < -0.4 is 5.32 Å². The van der Waals surface area contributed by atoms with E-state index in [1.54, 1.807) is 0 Å². The SMILES string of the molecule is Cc1ccnc(C(NC(=O)CCc2n[nH]c(C)c2C)C2CC2)c1. The summed E-state index contributed by atoms with van der Waals surface area (Å²) in [7, 11) is 0. The Balaban J connectivity index is 1.62. The van der Waals surface area contributed by atoms with Crippen molar-refractivity contribution in [2.45, 2.75) is 52.5 Å². The number of pyridine rings is 1. The molecule has 2 N–H and O–H groups in total. The minimum atomic E-state index is 0.0458. The summed E-state index contributed by atoms with van der Waals surface area (Å²) in [6, 6.07) is 4.10. The topological polar surface area (TPSA) is 70.7 Å². The maximum atomic E-state index is 12.4. The zero-order valence-corrected chi connectivity index (χ0v) is 14.0. The van der Waals surface area contributed by atoms with E-state index >= 15 is 0 Å². The van der Waals surface area contributed by atoms with Gasteiger partial charge in [-0.15, -0.1) is 0 Å². The van der Waals surface area contributed by atoms with E-state index in [1.807, 2.05) is 26.1 Å². The van der Waals surface area contributed by atoms with Crippen LogP contribution in [-0.2, 0) is 11.2 Å². The van der Waals surface area contributed by atoms with Crippen LogP contribution >= 0.6 is 0 Å². The van der Waals surface area contributed by atoms with Crippen molar-refractivity contribution in [2.75, 3.05) is 0 Å². The fraction of sp³-hybridized carbons (Fsp3) is 0.500. The molecule has 0 bridgehead atoms. The first-order valence-electron chi connectivity index (χ1n) is 8.27. The number of carbonyl (C=O) groups is 1. The van der Waals surface area contributed by atoms with E-state index in [0.717, 1.165) is 35.5 Å². The highest BCUT2D eigenvalue weighted by atomic mass is 16.1. The van der Waals surface area contributed by atoms with Crippen molar-refractivity contribution in [1.29, 1.82) is 0 Å². The molecule has 1 aliphatic carbocycles. The number of rotatable bonds is 6. The molecule has 1 saturated carbocycles. The molecule has 2 heterocycles. The molecule has 5 nitrogen and oxygen atoms in total. The van der Waals surface area contributed by atoms with Crippen LogP contribution in [0.5, 0.6) is 0 Å². The molecular weight excluding hydrogens is 288 g/mol. The molecule has 122 valence electrons. The van der Waals surface area contributed by atoms with Crippen LogP contribution in [-0.4, -0.2) is 21.1 Å².